The van der Waals surface area contributed by atoms with Crippen LogP contribution in [-0.2, 0) is 4.74 Å². The summed E-state index contributed by atoms with van der Waals surface area (Å²) in [5.41, 5.74) is 7.78. The number of hydrogen-bond acceptors (Lipinski definition) is 5. The van der Waals surface area contributed by atoms with E-state index < -0.39 is 0 Å². The van der Waals surface area contributed by atoms with E-state index in [1.54, 1.807) is 6.20 Å². The van der Waals surface area contributed by atoms with Crippen molar-refractivity contribution in [2.24, 2.45) is 4.99 Å². The Balaban J connectivity index is 2.74. The normalized spacial score (nSPS) is 16.6. The van der Waals surface area contributed by atoms with Crippen molar-refractivity contribution in [3.63, 3.8) is 0 Å². The summed E-state index contributed by atoms with van der Waals surface area (Å²) in [6.07, 6.45) is 5.59. The summed E-state index contributed by atoms with van der Waals surface area (Å²) >= 11 is 0. The van der Waals surface area contributed by atoms with E-state index in [-0.39, 0.29) is 5.92 Å². The number of allylic oxidation sites excluding steroid dienone is 5. The summed E-state index contributed by atoms with van der Waals surface area (Å²) in [6, 6.07) is 10.2. The molecule has 1 aliphatic heterocycles. The molecule has 1 aromatic carbocycles. The summed E-state index contributed by atoms with van der Waals surface area (Å²) in [7, 11) is 0. The van der Waals surface area contributed by atoms with E-state index in [1.807, 2.05) is 52.0 Å². The SMILES string of the molecule is C=C(CCCC#N)C1=C(C)NC(C)=C(C(=N/C=C/C)OCC)C1c1ccc(C#N)cc1C. The molecular formula is C27H32N4O. The fourth-order valence-electron chi connectivity index (χ4n) is 4.11. The van der Waals surface area contributed by atoms with Gasteiger partial charge in [-0.2, -0.15) is 10.5 Å². The first kappa shape index (κ1) is 24.7. The predicted molar refractivity (Wildman–Crippen MR) is 130 cm³/mol. The van der Waals surface area contributed by atoms with Crippen LogP contribution in [0.25, 0.3) is 0 Å². The van der Waals surface area contributed by atoms with Crippen molar-refractivity contribution in [3.8, 4) is 12.1 Å². The number of ether oxygens (including phenoxy) is 1. The molecule has 0 saturated carbocycles. The Kier molecular flexibility index (Phi) is 9.05. The molecule has 5 heteroatoms. The number of nitriles is 2. The maximum absolute atomic E-state index is 9.35. The van der Waals surface area contributed by atoms with Gasteiger partial charge in [-0.3, -0.25) is 0 Å². The molecule has 166 valence electrons. The van der Waals surface area contributed by atoms with Crippen molar-refractivity contribution in [2.45, 2.75) is 59.8 Å². The van der Waals surface area contributed by atoms with Gasteiger partial charge in [0.2, 0.25) is 5.90 Å². The van der Waals surface area contributed by atoms with Crippen LogP contribution in [0.4, 0.5) is 0 Å². The third kappa shape index (κ3) is 5.56. The molecule has 5 nitrogen and oxygen atoms in total. The Labute approximate surface area is 192 Å². The molecule has 0 aromatic heterocycles. The van der Waals surface area contributed by atoms with E-state index in [0.29, 0.717) is 24.5 Å². The molecule has 1 heterocycles. The second-order valence-electron chi connectivity index (χ2n) is 7.78. The zero-order valence-electron chi connectivity index (χ0n) is 19.7. The second-order valence-corrected chi connectivity index (χ2v) is 7.78. The number of dihydropyridines is 1. The van der Waals surface area contributed by atoms with Crippen LogP contribution in [0.5, 0.6) is 0 Å². The molecule has 1 atom stereocenters. The minimum Gasteiger partial charge on any atom is -0.478 e. The molecule has 1 unspecified atom stereocenters. The standard InChI is InChI=1S/C27H32N4O/c1-7-15-30-27(32-8-2)25-21(6)31-20(5)24(18(3)11-9-10-14-28)26(25)23-13-12-22(17-29)16-19(23)4/h7,12-13,15-16,26,31H,3,8-11H2,1-2,4-6H3/b15-7+,30-27?. The monoisotopic (exact) mass is 428 g/mol. The van der Waals surface area contributed by atoms with Gasteiger partial charge in [0.1, 0.15) is 0 Å². The minimum absolute atomic E-state index is 0.144. The fourth-order valence-corrected chi connectivity index (χ4v) is 4.11. The van der Waals surface area contributed by atoms with Crippen LogP contribution in [0.15, 0.2) is 70.2 Å². The molecule has 0 spiro atoms. The zero-order valence-corrected chi connectivity index (χ0v) is 19.7. The van der Waals surface area contributed by atoms with Gasteiger partial charge in [-0.05, 0) is 81.9 Å². The highest BCUT2D eigenvalue weighted by Crippen LogP contribution is 2.44. The van der Waals surface area contributed by atoms with E-state index in [0.717, 1.165) is 52.1 Å². The third-order valence-corrected chi connectivity index (χ3v) is 5.47. The van der Waals surface area contributed by atoms with Gasteiger partial charge in [0.15, 0.2) is 0 Å². The first-order chi connectivity index (χ1) is 15.4. The van der Waals surface area contributed by atoms with E-state index in [4.69, 9.17) is 10.00 Å². The number of hydrogen-bond donors (Lipinski definition) is 1. The predicted octanol–water partition coefficient (Wildman–Crippen LogP) is 6.32. The topological polar surface area (TPSA) is 81.2 Å². The molecule has 0 saturated heterocycles. The van der Waals surface area contributed by atoms with Gasteiger partial charge in [-0.25, -0.2) is 4.99 Å². The number of nitrogens with one attached hydrogen (secondary N) is 1. The molecular weight excluding hydrogens is 396 g/mol. The Morgan fingerprint density at radius 2 is 1.94 bits per heavy atom. The van der Waals surface area contributed by atoms with Crippen LogP contribution in [0.1, 0.15) is 69.6 Å². The maximum Gasteiger partial charge on any atom is 0.219 e. The highest BCUT2D eigenvalue weighted by atomic mass is 16.5. The lowest BCUT2D eigenvalue weighted by molar-refractivity contribution is 0.325. The Hall–Kier alpha value is -3.57. The largest absolute Gasteiger partial charge is 0.478 e. The summed E-state index contributed by atoms with van der Waals surface area (Å²) in [4.78, 5) is 4.61. The fraction of sp³-hybridized carbons (Fsp3) is 0.370. The number of unbranched alkanes of at least 4 members (excludes halogenated alkanes) is 1. The van der Waals surface area contributed by atoms with Crippen LogP contribution in [0, 0.1) is 29.6 Å². The van der Waals surface area contributed by atoms with Gasteiger partial charge < -0.3 is 10.1 Å². The first-order valence-electron chi connectivity index (χ1n) is 11.0. The lowest BCUT2D eigenvalue weighted by Gasteiger charge is -2.34. The van der Waals surface area contributed by atoms with Gasteiger partial charge >= 0.3 is 0 Å². The smallest absolute Gasteiger partial charge is 0.219 e. The van der Waals surface area contributed by atoms with Gasteiger partial charge in [0.25, 0.3) is 0 Å². The summed E-state index contributed by atoms with van der Waals surface area (Å²) in [5.74, 6) is 0.424. The van der Waals surface area contributed by atoms with Crippen LogP contribution in [0.2, 0.25) is 0 Å². The average molecular weight is 429 g/mol. The molecule has 0 fully saturated rings. The summed E-state index contributed by atoms with van der Waals surface area (Å²) < 4.78 is 6.01. The Morgan fingerprint density at radius 3 is 2.53 bits per heavy atom. The number of aryl methyl sites for hydroxylation is 1. The van der Waals surface area contributed by atoms with E-state index in [9.17, 15) is 5.26 Å². The van der Waals surface area contributed by atoms with E-state index >= 15 is 0 Å². The quantitative estimate of drug-likeness (QED) is 0.298. The minimum atomic E-state index is -0.144. The van der Waals surface area contributed by atoms with Crippen LogP contribution >= 0.6 is 0 Å². The molecule has 1 aromatic rings. The Morgan fingerprint density at radius 1 is 1.22 bits per heavy atom. The van der Waals surface area contributed by atoms with Crippen molar-refractivity contribution in [2.75, 3.05) is 6.61 Å². The third-order valence-electron chi connectivity index (χ3n) is 5.47. The van der Waals surface area contributed by atoms with Gasteiger partial charge in [0, 0.05) is 35.5 Å². The van der Waals surface area contributed by atoms with Crippen molar-refractivity contribution >= 4 is 5.90 Å². The maximum atomic E-state index is 9.35. The van der Waals surface area contributed by atoms with Crippen LogP contribution < -0.4 is 5.32 Å². The van der Waals surface area contributed by atoms with Crippen LogP contribution in [0.3, 0.4) is 0 Å². The zero-order chi connectivity index (χ0) is 23.7. The van der Waals surface area contributed by atoms with Gasteiger partial charge in [0.05, 0.1) is 24.3 Å². The highest BCUT2D eigenvalue weighted by molar-refractivity contribution is 5.98. The van der Waals surface area contributed by atoms with Crippen molar-refractivity contribution in [1.29, 1.82) is 10.5 Å². The first-order valence-corrected chi connectivity index (χ1v) is 11.0. The lowest BCUT2D eigenvalue weighted by atomic mass is 9.75. The number of nitrogens with zero attached hydrogens (tertiary/aromatic N) is 3. The highest BCUT2D eigenvalue weighted by Gasteiger charge is 2.34. The molecule has 32 heavy (non-hydrogen) atoms. The molecule has 2 rings (SSSR count). The number of benzene rings is 1. The molecule has 0 amide bonds. The van der Waals surface area contributed by atoms with E-state index in [2.05, 4.69) is 36.0 Å². The van der Waals surface area contributed by atoms with Crippen molar-refractivity contribution < 1.29 is 4.74 Å². The molecule has 0 aliphatic carbocycles. The second kappa shape index (κ2) is 11.7. The van der Waals surface area contributed by atoms with Crippen molar-refractivity contribution in [3.05, 3.63) is 81.9 Å². The molecule has 0 radical (unpaired) electrons. The summed E-state index contributed by atoms with van der Waals surface area (Å²) in [6.45, 7) is 14.9. The number of rotatable bonds is 8. The molecule has 1 aliphatic rings. The average Bonchev–Trinajstić information content (AvgIpc) is 2.76. The van der Waals surface area contributed by atoms with Crippen LogP contribution in [-0.4, -0.2) is 12.5 Å². The number of aliphatic imine (C=N–C) groups is 1. The lowest BCUT2D eigenvalue weighted by Crippen LogP contribution is -2.30. The van der Waals surface area contributed by atoms with Gasteiger partial charge in [-0.15, -0.1) is 0 Å². The van der Waals surface area contributed by atoms with E-state index in [1.165, 1.54) is 0 Å². The molecule has 1 N–H and O–H groups in total. The van der Waals surface area contributed by atoms with Gasteiger partial charge in [-0.1, -0.05) is 18.7 Å². The van der Waals surface area contributed by atoms with Crippen molar-refractivity contribution in [1.82, 2.24) is 5.32 Å². The molecule has 0 bridgehead atoms. The Bertz CT molecular complexity index is 1070. The summed E-state index contributed by atoms with van der Waals surface area (Å²) in [5, 5.41) is 21.8.